The van der Waals surface area contributed by atoms with E-state index in [9.17, 15) is 23.1 Å². The maximum Gasteiger partial charge on any atom is 0.326 e. The summed E-state index contributed by atoms with van der Waals surface area (Å²) < 4.78 is 28.4. The molecule has 9 nitrogen and oxygen atoms in total. The van der Waals surface area contributed by atoms with Crippen LogP contribution in [0.1, 0.15) is 26.2 Å². The van der Waals surface area contributed by atoms with Gasteiger partial charge in [0.1, 0.15) is 6.04 Å². The van der Waals surface area contributed by atoms with E-state index in [4.69, 9.17) is 5.73 Å². The molecule has 1 amide bonds. The quantitative estimate of drug-likeness (QED) is 0.378. The minimum Gasteiger partial charge on any atom is -0.480 e. The predicted octanol–water partition coefficient (Wildman–Crippen LogP) is 1.27. The number of nitrogens with zero attached hydrogens (tertiary/aromatic N) is 1. The molecule has 0 aliphatic rings. The Balaban J connectivity index is 2.23. The fraction of sp³-hybridized carbons (Fsp3) is 0.429. The number of fused-ring (bicyclic) bond motifs is 1. The number of carboxylic acid groups (broad SMARTS) is 1. The number of hydrogen-bond donors (Lipinski definition) is 4. The molecule has 10 heteroatoms. The van der Waals surface area contributed by atoms with Crippen molar-refractivity contribution in [2.24, 2.45) is 5.73 Å². The third-order valence-corrected chi connectivity index (χ3v) is 6.52. The molecule has 2 aromatic rings. The van der Waals surface area contributed by atoms with Crippen LogP contribution in [-0.4, -0.2) is 58.1 Å². The van der Waals surface area contributed by atoms with Crippen molar-refractivity contribution in [3.63, 3.8) is 0 Å². The van der Waals surface area contributed by atoms with Crippen molar-refractivity contribution >= 4 is 38.4 Å². The molecule has 0 spiro atoms. The molecule has 0 saturated carbocycles. The zero-order chi connectivity index (χ0) is 23.2. The van der Waals surface area contributed by atoms with E-state index in [1.165, 1.54) is 13.0 Å². The molecule has 2 rings (SSSR count). The fourth-order valence-electron chi connectivity index (χ4n) is 3.29. The maximum absolute atomic E-state index is 13.0. The monoisotopic (exact) mass is 450 g/mol. The molecule has 0 radical (unpaired) electrons. The van der Waals surface area contributed by atoms with Crippen LogP contribution in [0.4, 0.5) is 5.69 Å². The number of carbonyl (C=O) groups is 2. The Morgan fingerprint density at radius 3 is 2.35 bits per heavy atom. The largest absolute Gasteiger partial charge is 0.480 e. The maximum atomic E-state index is 13.0. The highest BCUT2D eigenvalue weighted by Gasteiger charge is 2.27. The Morgan fingerprint density at radius 2 is 1.74 bits per heavy atom. The Hall–Kier alpha value is -2.69. The number of anilines is 1. The van der Waals surface area contributed by atoms with E-state index in [-0.39, 0.29) is 11.3 Å². The second kappa shape index (κ2) is 10.6. The molecule has 170 valence electrons. The SMILES string of the molecule is CC(NS(=O)(=O)c1cccc2c(N(C)C)cccc12)C(=O)NC(CCCCN)C(=O)O. The number of amides is 1. The van der Waals surface area contributed by atoms with Crippen LogP contribution in [0.3, 0.4) is 0 Å². The van der Waals surface area contributed by atoms with Gasteiger partial charge in [-0.3, -0.25) is 4.79 Å². The van der Waals surface area contributed by atoms with Gasteiger partial charge in [-0.25, -0.2) is 13.2 Å². The van der Waals surface area contributed by atoms with Crippen LogP contribution < -0.4 is 20.7 Å². The molecule has 5 N–H and O–H groups in total. The lowest BCUT2D eigenvalue weighted by Crippen LogP contribution is -2.50. The third-order valence-electron chi connectivity index (χ3n) is 4.92. The van der Waals surface area contributed by atoms with Gasteiger partial charge in [0, 0.05) is 30.6 Å². The van der Waals surface area contributed by atoms with E-state index >= 15 is 0 Å². The summed E-state index contributed by atoms with van der Waals surface area (Å²) in [4.78, 5) is 25.8. The number of nitrogens with two attached hydrogens (primary N) is 1. The van der Waals surface area contributed by atoms with Crippen LogP contribution in [0.25, 0.3) is 10.8 Å². The van der Waals surface area contributed by atoms with E-state index < -0.39 is 34.0 Å². The van der Waals surface area contributed by atoms with E-state index in [1.54, 1.807) is 18.2 Å². The molecule has 2 aromatic carbocycles. The molecule has 0 bridgehead atoms. The van der Waals surface area contributed by atoms with Crippen LogP contribution in [0.2, 0.25) is 0 Å². The molecule has 0 aliphatic heterocycles. The summed E-state index contributed by atoms with van der Waals surface area (Å²) in [6, 6.07) is 8.05. The second-order valence-corrected chi connectivity index (χ2v) is 9.23. The van der Waals surface area contributed by atoms with Crippen LogP contribution in [0.15, 0.2) is 41.3 Å². The van der Waals surface area contributed by atoms with E-state index in [2.05, 4.69) is 10.0 Å². The third kappa shape index (κ3) is 6.16. The van der Waals surface area contributed by atoms with Crippen LogP contribution in [-0.2, 0) is 19.6 Å². The van der Waals surface area contributed by atoms with E-state index in [0.29, 0.717) is 24.8 Å². The first kappa shape index (κ1) is 24.6. The summed E-state index contributed by atoms with van der Waals surface area (Å²) in [5.74, 6) is -1.89. The van der Waals surface area contributed by atoms with Gasteiger partial charge in [0.2, 0.25) is 15.9 Å². The van der Waals surface area contributed by atoms with Gasteiger partial charge in [0.15, 0.2) is 0 Å². The number of nitrogens with one attached hydrogen (secondary N) is 2. The minimum atomic E-state index is -4.04. The van der Waals surface area contributed by atoms with Crippen molar-refractivity contribution in [1.82, 2.24) is 10.0 Å². The van der Waals surface area contributed by atoms with Gasteiger partial charge in [-0.05, 0) is 44.9 Å². The van der Waals surface area contributed by atoms with Gasteiger partial charge < -0.3 is 21.1 Å². The zero-order valence-corrected chi connectivity index (χ0v) is 18.8. The molecule has 0 aromatic heterocycles. The Morgan fingerprint density at radius 1 is 1.10 bits per heavy atom. The highest BCUT2D eigenvalue weighted by molar-refractivity contribution is 7.89. The van der Waals surface area contributed by atoms with Crippen molar-refractivity contribution in [3.8, 4) is 0 Å². The van der Waals surface area contributed by atoms with Gasteiger partial charge in [-0.1, -0.05) is 24.3 Å². The lowest BCUT2D eigenvalue weighted by molar-refractivity contribution is -0.142. The summed E-state index contributed by atoms with van der Waals surface area (Å²) >= 11 is 0. The minimum absolute atomic E-state index is 0.0473. The molecule has 0 saturated heterocycles. The average molecular weight is 451 g/mol. The van der Waals surface area contributed by atoms with Crippen molar-refractivity contribution in [2.45, 2.75) is 43.2 Å². The fourth-order valence-corrected chi connectivity index (χ4v) is 4.71. The smallest absolute Gasteiger partial charge is 0.326 e. The summed E-state index contributed by atoms with van der Waals surface area (Å²) in [6.07, 6.45) is 1.39. The number of rotatable bonds is 11. The number of carbonyl (C=O) groups excluding carboxylic acids is 1. The lowest BCUT2D eigenvalue weighted by Gasteiger charge is -2.20. The molecule has 0 aliphatic carbocycles. The van der Waals surface area contributed by atoms with E-state index in [0.717, 1.165) is 11.1 Å². The number of carboxylic acids is 1. The molecule has 2 atom stereocenters. The van der Waals surface area contributed by atoms with Crippen molar-refractivity contribution < 1.29 is 23.1 Å². The van der Waals surface area contributed by atoms with Crippen molar-refractivity contribution in [2.75, 3.05) is 25.5 Å². The lowest BCUT2D eigenvalue weighted by atomic mass is 10.1. The van der Waals surface area contributed by atoms with Crippen LogP contribution in [0, 0.1) is 0 Å². The number of aliphatic carboxylic acids is 1. The van der Waals surface area contributed by atoms with Gasteiger partial charge in [0.25, 0.3) is 0 Å². The molecular weight excluding hydrogens is 420 g/mol. The Kier molecular flexibility index (Phi) is 8.37. The Labute approximate surface area is 182 Å². The highest BCUT2D eigenvalue weighted by Crippen LogP contribution is 2.30. The van der Waals surface area contributed by atoms with Crippen LogP contribution in [0.5, 0.6) is 0 Å². The molecular formula is C21H30N4O5S. The normalized spacial score (nSPS) is 13.5. The standard InChI is InChI=1S/C21H30N4O5S/c1-14(20(26)23-17(21(27)28)10-4-5-13-22)24-31(29,30)19-12-7-8-15-16(19)9-6-11-18(15)25(2)3/h6-9,11-12,14,17,24H,4-5,10,13,22H2,1-3H3,(H,23,26)(H,27,28). The van der Waals surface area contributed by atoms with E-state index in [1.807, 2.05) is 31.1 Å². The highest BCUT2D eigenvalue weighted by atomic mass is 32.2. The zero-order valence-electron chi connectivity index (χ0n) is 18.0. The predicted molar refractivity (Wildman–Crippen MR) is 121 cm³/mol. The van der Waals surface area contributed by atoms with Gasteiger partial charge in [-0.2, -0.15) is 4.72 Å². The van der Waals surface area contributed by atoms with Crippen LogP contribution >= 0.6 is 0 Å². The first-order valence-electron chi connectivity index (χ1n) is 10.0. The molecule has 2 unspecified atom stereocenters. The van der Waals surface area contributed by atoms with Crippen molar-refractivity contribution in [1.29, 1.82) is 0 Å². The molecule has 0 fully saturated rings. The number of benzene rings is 2. The number of hydrogen-bond acceptors (Lipinski definition) is 6. The Bertz CT molecular complexity index is 1040. The second-order valence-electron chi connectivity index (χ2n) is 7.55. The van der Waals surface area contributed by atoms with Crippen molar-refractivity contribution in [3.05, 3.63) is 36.4 Å². The number of unbranched alkanes of at least 4 members (excludes halogenated alkanes) is 1. The van der Waals surface area contributed by atoms with Gasteiger partial charge in [-0.15, -0.1) is 0 Å². The molecule has 31 heavy (non-hydrogen) atoms. The number of sulfonamides is 1. The van der Waals surface area contributed by atoms with Gasteiger partial charge in [0.05, 0.1) is 10.9 Å². The van der Waals surface area contributed by atoms with Gasteiger partial charge >= 0.3 is 5.97 Å². The topological polar surface area (TPSA) is 142 Å². The summed E-state index contributed by atoms with van der Waals surface area (Å²) in [6.45, 7) is 1.80. The summed E-state index contributed by atoms with van der Waals surface area (Å²) in [7, 11) is -0.308. The summed E-state index contributed by atoms with van der Waals surface area (Å²) in [5.41, 5.74) is 6.28. The summed E-state index contributed by atoms with van der Waals surface area (Å²) in [5, 5.41) is 13.0. The first-order valence-corrected chi connectivity index (χ1v) is 11.5. The average Bonchev–Trinajstić information content (AvgIpc) is 2.71. The molecule has 0 heterocycles. The first-order chi connectivity index (χ1) is 14.6.